The van der Waals surface area contributed by atoms with Gasteiger partial charge in [0, 0.05) is 115 Å². The SMILES string of the molecule is CC1(C)OB(c2ccc(C(F)F)cc2)OC1(C)C.Cc1c(-c2ccccn2)nc2cc(F)cc(F)c2c1Nc1cc(N2CCOCC2)ncc1-c1ccc(C(F)F)cc1.Cc1c(-c2ccccn2)nc2cc(F)cc(F)c2c1Nc1cc(N2CCOCC2)ncc1Br. The predicted molar refractivity (Wildman–Crippen MR) is 346 cm³/mol. The molecule has 0 unspecified atom stereocenters. The molecule has 0 spiro atoms. The first-order valence-electron chi connectivity index (χ1n) is 29.5. The summed E-state index contributed by atoms with van der Waals surface area (Å²) in [6.07, 6.45) is 1.62. The molecule has 0 amide bonds. The van der Waals surface area contributed by atoms with Crippen LogP contribution in [0.5, 0.6) is 0 Å². The average molecular weight is 1330 g/mol. The van der Waals surface area contributed by atoms with E-state index in [-0.39, 0.29) is 32.9 Å². The highest BCUT2D eigenvalue weighted by Gasteiger charge is 2.51. The Bertz CT molecular complexity index is 4260. The Hall–Kier alpha value is -8.68. The van der Waals surface area contributed by atoms with E-state index in [2.05, 4.69) is 66.3 Å². The summed E-state index contributed by atoms with van der Waals surface area (Å²) >= 11 is 3.54. The first-order chi connectivity index (χ1) is 44.1. The molecule has 0 radical (unpaired) electrons. The highest BCUT2D eigenvalue weighted by molar-refractivity contribution is 9.10. The van der Waals surface area contributed by atoms with Crippen molar-refractivity contribution >= 4 is 84.7 Å². The molecular weight excluding hydrogens is 1260 g/mol. The van der Waals surface area contributed by atoms with Gasteiger partial charge in [0.2, 0.25) is 0 Å². The molecule has 0 atom stereocenters. The van der Waals surface area contributed by atoms with Crippen molar-refractivity contribution in [2.24, 2.45) is 0 Å². The van der Waals surface area contributed by atoms with Crippen LogP contribution in [0.25, 0.3) is 55.7 Å². The van der Waals surface area contributed by atoms with Crippen LogP contribution >= 0.6 is 15.9 Å². The van der Waals surface area contributed by atoms with Crippen molar-refractivity contribution in [3.05, 3.63) is 196 Å². The number of fused-ring (bicyclic) bond motifs is 2. The Kier molecular flexibility index (Phi) is 19.5. The van der Waals surface area contributed by atoms with Gasteiger partial charge in [0.05, 0.1) is 109 Å². The largest absolute Gasteiger partial charge is 0.494 e. The van der Waals surface area contributed by atoms with Crippen LogP contribution in [0.15, 0.2) is 151 Å². The zero-order chi connectivity index (χ0) is 65.0. The molecule has 3 aliphatic rings. The van der Waals surface area contributed by atoms with E-state index in [4.69, 9.17) is 18.8 Å². The van der Waals surface area contributed by atoms with Gasteiger partial charge >= 0.3 is 7.12 Å². The Morgan fingerprint density at radius 3 is 1.41 bits per heavy atom. The maximum Gasteiger partial charge on any atom is 0.494 e. The minimum Gasteiger partial charge on any atom is -0.399 e. The van der Waals surface area contributed by atoms with Gasteiger partial charge in [-0.2, -0.15) is 0 Å². The summed E-state index contributed by atoms with van der Waals surface area (Å²) in [5.41, 5.74) is 7.08. The zero-order valence-electron chi connectivity index (χ0n) is 50.9. The van der Waals surface area contributed by atoms with Crippen LogP contribution in [-0.2, 0) is 18.8 Å². The number of rotatable bonds is 12. The molecule has 13 rings (SSSR count). The molecule has 10 aromatic rings. The minimum atomic E-state index is -2.59. The lowest BCUT2D eigenvalue weighted by Crippen LogP contribution is -2.41. The zero-order valence-corrected chi connectivity index (χ0v) is 52.4. The van der Waals surface area contributed by atoms with Gasteiger partial charge in [-0.25, -0.2) is 55.1 Å². The fourth-order valence-corrected chi connectivity index (χ4v) is 11.0. The number of benzene rings is 4. The average Bonchev–Trinajstić information content (AvgIpc) is 0.914. The number of halogens is 9. The third-order valence-corrected chi connectivity index (χ3v) is 17.0. The second-order valence-corrected chi connectivity index (χ2v) is 23.8. The van der Waals surface area contributed by atoms with E-state index in [1.54, 1.807) is 74.2 Å². The van der Waals surface area contributed by atoms with Gasteiger partial charge in [0.25, 0.3) is 12.9 Å². The van der Waals surface area contributed by atoms with Crippen molar-refractivity contribution in [3.8, 4) is 33.9 Å². The van der Waals surface area contributed by atoms with Crippen molar-refractivity contribution in [2.45, 2.75) is 65.6 Å². The number of nitrogens with zero attached hydrogens (tertiary/aromatic N) is 8. The van der Waals surface area contributed by atoms with Crippen LogP contribution in [-0.4, -0.2) is 101 Å². The van der Waals surface area contributed by atoms with Crippen LogP contribution in [0.1, 0.15) is 62.8 Å². The molecule has 6 aromatic heterocycles. The van der Waals surface area contributed by atoms with Crippen molar-refractivity contribution in [1.29, 1.82) is 0 Å². The topological polar surface area (TPSA) is 145 Å². The van der Waals surface area contributed by atoms with E-state index in [0.29, 0.717) is 118 Å². The van der Waals surface area contributed by atoms with Gasteiger partial charge in [-0.1, -0.05) is 60.7 Å². The summed E-state index contributed by atoms with van der Waals surface area (Å²) < 4.78 is 134. The van der Waals surface area contributed by atoms with Gasteiger partial charge in [0.15, 0.2) is 0 Å². The van der Waals surface area contributed by atoms with Crippen LogP contribution in [0.4, 0.5) is 69.5 Å². The molecule has 92 heavy (non-hydrogen) atoms. The van der Waals surface area contributed by atoms with Crippen LogP contribution in [0.2, 0.25) is 0 Å². The van der Waals surface area contributed by atoms with E-state index >= 15 is 8.78 Å². The van der Waals surface area contributed by atoms with Gasteiger partial charge in [-0.05, 0) is 92.8 Å². The van der Waals surface area contributed by atoms with Gasteiger partial charge < -0.3 is 39.2 Å². The lowest BCUT2D eigenvalue weighted by Gasteiger charge is -2.32. The van der Waals surface area contributed by atoms with Gasteiger partial charge in [0.1, 0.15) is 34.9 Å². The van der Waals surface area contributed by atoms with Crippen molar-refractivity contribution in [2.75, 3.05) is 73.0 Å². The molecule has 4 aromatic carbocycles. The van der Waals surface area contributed by atoms with Crippen molar-refractivity contribution < 1.29 is 53.9 Å². The summed E-state index contributed by atoms with van der Waals surface area (Å²) in [4.78, 5) is 31.3. The number of hydrogen-bond donors (Lipinski definition) is 2. The number of anilines is 6. The molecule has 3 fully saturated rings. The number of pyridine rings is 6. The summed E-state index contributed by atoms with van der Waals surface area (Å²) in [7, 11) is -0.498. The van der Waals surface area contributed by atoms with E-state index < -0.39 is 54.4 Å². The smallest absolute Gasteiger partial charge is 0.399 e. The highest BCUT2D eigenvalue weighted by Crippen LogP contribution is 2.43. The second-order valence-electron chi connectivity index (χ2n) is 23.0. The van der Waals surface area contributed by atoms with Crippen LogP contribution in [0, 0.1) is 37.1 Å². The van der Waals surface area contributed by atoms with Crippen molar-refractivity contribution in [3.63, 3.8) is 0 Å². The van der Waals surface area contributed by atoms with E-state index in [0.717, 1.165) is 36.5 Å². The molecule has 14 nitrogen and oxygen atoms in total. The maximum atomic E-state index is 15.4. The first-order valence-corrected chi connectivity index (χ1v) is 30.3. The Labute approximate surface area is 534 Å². The van der Waals surface area contributed by atoms with E-state index in [1.165, 1.54) is 36.4 Å². The number of hydrogen-bond acceptors (Lipinski definition) is 14. The minimum absolute atomic E-state index is 0.00951. The summed E-state index contributed by atoms with van der Waals surface area (Å²) in [6.45, 7) is 16.6. The maximum absolute atomic E-state index is 15.4. The molecule has 2 N–H and O–H groups in total. The molecule has 9 heterocycles. The first kappa shape index (κ1) is 64.8. The van der Waals surface area contributed by atoms with E-state index in [1.807, 2.05) is 65.0 Å². The third-order valence-electron chi connectivity index (χ3n) is 16.4. The molecule has 0 aliphatic carbocycles. The molecule has 3 aliphatic heterocycles. The van der Waals surface area contributed by atoms with Gasteiger partial charge in [-0.3, -0.25) is 9.97 Å². The highest BCUT2D eigenvalue weighted by atomic mass is 79.9. The molecule has 3 saturated heterocycles. The second kappa shape index (κ2) is 27.7. The molecule has 24 heteroatoms. The predicted octanol–water partition coefficient (Wildman–Crippen LogP) is 16.0. The number of nitrogens with one attached hydrogen (secondary N) is 2. The van der Waals surface area contributed by atoms with Crippen LogP contribution < -0.4 is 25.9 Å². The Morgan fingerprint density at radius 2 is 0.967 bits per heavy atom. The standard InChI is InChI=1S/C31H25F4N5O.C24H20BrF2N5O.C13H17BF2O2/c1-18-29(24-4-2-3-9-36-24)39-26-15-21(32)14-23(33)28(26)30(18)38-25-16-27(40-10-12-41-13-11-40)37-17-22(25)19-5-7-20(8-6-19)31(34)35;1-14-23(18-4-2-3-5-28-18)31-20-11-15(26)10-17(27)22(20)24(14)30-19-12-21(29-13-16(19)25)32-6-8-33-9-7-32;1-12(2)13(3,4)18-14(17-12)10-7-5-9(6-8-10)11(15)16/h2-9,14-17,31H,10-13H2,1H3,(H,37,38,39);2-5,10-13H,6-9H2,1H3,(H,29,30,31);5-8,11H,1-4H3. The normalized spacial score (nSPS) is 15.3. The molecule has 474 valence electrons. The fraction of sp³-hybridized carbons (Fsp3) is 0.265. The third kappa shape index (κ3) is 14.2. The quantitative estimate of drug-likeness (QED) is 0.0884. The number of morpholine rings is 2. The summed E-state index contributed by atoms with van der Waals surface area (Å²) in [5, 5.41) is 7.08. The lowest BCUT2D eigenvalue weighted by molar-refractivity contribution is 0.00578. The monoisotopic (exact) mass is 1320 g/mol. The Balaban J connectivity index is 0.000000152. The number of alkyl halides is 4. The van der Waals surface area contributed by atoms with E-state index in [9.17, 15) is 26.3 Å². The fourth-order valence-electron chi connectivity index (χ4n) is 10.7. The molecule has 0 saturated carbocycles. The van der Waals surface area contributed by atoms with Crippen LogP contribution in [0.3, 0.4) is 0 Å². The summed E-state index contributed by atoms with van der Waals surface area (Å²) in [5.74, 6) is -1.42. The lowest BCUT2D eigenvalue weighted by atomic mass is 9.79. The van der Waals surface area contributed by atoms with Crippen molar-refractivity contribution in [1.82, 2.24) is 29.9 Å². The Morgan fingerprint density at radius 1 is 0.533 bits per heavy atom. The number of ether oxygens (including phenoxy) is 2. The summed E-state index contributed by atoms with van der Waals surface area (Å²) in [6, 6.07) is 30.7. The number of aromatic nitrogens is 6. The molecule has 0 bridgehead atoms. The molecular formula is C68H62BBrF8N10O4. The van der Waals surface area contributed by atoms with Gasteiger partial charge in [-0.15, -0.1) is 0 Å².